The summed E-state index contributed by atoms with van der Waals surface area (Å²) >= 11 is 0. The van der Waals surface area contributed by atoms with Gasteiger partial charge < -0.3 is 0 Å². The predicted molar refractivity (Wildman–Crippen MR) is 46.4 cm³/mol. The number of Topliss-reactive ketones (excluding diaryl/α,β-unsaturated/α-hetero) is 1. The van der Waals surface area contributed by atoms with E-state index in [0.717, 1.165) is 18.8 Å². The molecule has 0 spiro atoms. The van der Waals surface area contributed by atoms with Crippen LogP contribution in [0, 0.1) is 17.8 Å². The van der Waals surface area contributed by atoms with E-state index >= 15 is 0 Å². The molecule has 0 heterocycles. The molecule has 0 amide bonds. The molecule has 64 valence electrons. The van der Waals surface area contributed by atoms with E-state index in [4.69, 9.17) is 0 Å². The Morgan fingerprint density at radius 3 is 2.36 bits per heavy atom. The zero-order valence-corrected chi connectivity index (χ0v) is 7.76. The minimum atomic E-state index is 0.384. The topological polar surface area (TPSA) is 17.1 Å². The Morgan fingerprint density at radius 1 is 1.36 bits per heavy atom. The third-order valence-corrected chi connectivity index (χ3v) is 2.88. The van der Waals surface area contributed by atoms with Crippen LogP contribution in [-0.2, 0) is 4.79 Å². The molecule has 3 atom stereocenters. The van der Waals surface area contributed by atoms with Gasteiger partial charge in [0.2, 0.25) is 0 Å². The van der Waals surface area contributed by atoms with Gasteiger partial charge in [0.15, 0.2) is 0 Å². The number of carbonyl (C=O) groups excluding carboxylic acids is 1. The largest absolute Gasteiger partial charge is 0.299 e. The molecular weight excluding hydrogens is 136 g/mol. The molecule has 0 bridgehead atoms. The van der Waals surface area contributed by atoms with Crippen LogP contribution in [0.4, 0.5) is 0 Å². The summed E-state index contributed by atoms with van der Waals surface area (Å²) in [5.74, 6) is 2.26. The van der Waals surface area contributed by atoms with Gasteiger partial charge in [0.1, 0.15) is 5.78 Å². The molecule has 1 saturated carbocycles. The van der Waals surface area contributed by atoms with Gasteiger partial charge in [-0.3, -0.25) is 4.79 Å². The Balaban J connectivity index is 2.52. The quantitative estimate of drug-likeness (QED) is 0.597. The second-order valence-electron chi connectivity index (χ2n) is 3.98. The van der Waals surface area contributed by atoms with Crippen LogP contribution in [0.5, 0.6) is 0 Å². The SMILES string of the molecule is CCC(=O)[C@@H]1C[C@H](C)CC1C. The summed E-state index contributed by atoms with van der Waals surface area (Å²) in [6, 6.07) is 0. The van der Waals surface area contributed by atoms with Gasteiger partial charge in [-0.2, -0.15) is 0 Å². The van der Waals surface area contributed by atoms with Crippen molar-refractivity contribution in [2.75, 3.05) is 0 Å². The fourth-order valence-corrected chi connectivity index (χ4v) is 2.27. The lowest BCUT2D eigenvalue weighted by Gasteiger charge is -2.11. The van der Waals surface area contributed by atoms with Crippen LogP contribution < -0.4 is 0 Å². The minimum Gasteiger partial charge on any atom is -0.299 e. The highest BCUT2D eigenvalue weighted by molar-refractivity contribution is 5.81. The van der Waals surface area contributed by atoms with Gasteiger partial charge in [0.05, 0.1) is 0 Å². The molecule has 0 aromatic carbocycles. The summed E-state index contributed by atoms with van der Waals surface area (Å²) in [5, 5.41) is 0. The van der Waals surface area contributed by atoms with E-state index in [0.29, 0.717) is 17.6 Å². The van der Waals surface area contributed by atoms with Crippen molar-refractivity contribution >= 4 is 5.78 Å². The molecule has 1 fully saturated rings. The number of hydrogen-bond acceptors (Lipinski definition) is 1. The molecule has 0 aliphatic heterocycles. The first-order valence-electron chi connectivity index (χ1n) is 4.67. The van der Waals surface area contributed by atoms with E-state index in [-0.39, 0.29) is 0 Å². The van der Waals surface area contributed by atoms with Gasteiger partial charge in [-0.05, 0) is 24.7 Å². The average Bonchev–Trinajstić information content (AvgIpc) is 2.28. The van der Waals surface area contributed by atoms with Gasteiger partial charge in [-0.1, -0.05) is 20.8 Å². The van der Waals surface area contributed by atoms with Crippen molar-refractivity contribution < 1.29 is 4.79 Å². The Bertz CT molecular complexity index is 151. The van der Waals surface area contributed by atoms with Crippen molar-refractivity contribution in [1.29, 1.82) is 0 Å². The van der Waals surface area contributed by atoms with E-state index in [2.05, 4.69) is 13.8 Å². The molecule has 1 rings (SSSR count). The number of carbonyl (C=O) groups is 1. The summed E-state index contributed by atoms with van der Waals surface area (Å²) < 4.78 is 0. The van der Waals surface area contributed by atoms with Crippen molar-refractivity contribution in [3.05, 3.63) is 0 Å². The van der Waals surface area contributed by atoms with Crippen molar-refractivity contribution in [2.45, 2.75) is 40.0 Å². The van der Waals surface area contributed by atoms with Crippen LogP contribution in [0.3, 0.4) is 0 Å². The Labute approximate surface area is 69.2 Å². The third kappa shape index (κ3) is 1.82. The summed E-state index contributed by atoms with van der Waals surface area (Å²) in [7, 11) is 0. The minimum absolute atomic E-state index is 0.384. The lowest BCUT2D eigenvalue weighted by atomic mass is 9.92. The number of hydrogen-bond donors (Lipinski definition) is 0. The highest BCUT2D eigenvalue weighted by Crippen LogP contribution is 2.36. The summed E-state index contributed by atoms with van der Waals surface area (Å²) in [4.78, 5) is 11.4. The fourth-order valence-electron chi connectivity index (χ4n) is 2.27. The predicted octanol–water partition coefficient (Wildman–Crippen LogP) is 2.65. The van der Waals surface area contributed by atoms with Gasteiger partial charge >= 0.3 is 0 Å². The first kappa shape index (κ1) is 8.76. The van der Waals surface area contributed by atoms with Crippen molar-refractivity contribution in [3.8, 4) is 0 Å². The molecule has 0 aromatic heterocycles. The van der Waals surface area contributed by atoms with Crippen molar-refractivity contribution in [1.82, 2.24) is 0 Å². The summed E-state index contributed by atoms with van der Waals surface area (Å²) in [5.41, 5.74) is 0. The Kier molecular flexibility index (Phi) is 2.69. The van der Waals surface area contributed by atoms with Crippen LogP contribution in [0.15, 0.2) is 0 Å². The van der Waals surface area contributed by atoms with Gasteiger partial charge in [-0.15, -0.1) is 0 Å². The van der Waals surface area contributed by atoms with E-state index < -0.39 is 0 Å². The van der Waals surface area contributed by atoms with Crippen molar-refractivity contribution in [2.24, 2.45) is 17.8 Å². The van der Waals surface area contributed by atoms with E-state index in [9.17, 15) is 4.79 Å². The molecule has 0 N–H and O–H groups in total. The zero-order chi connectivity index (χ0) is 8.43. The van der Waals surface area contributed by atoms with Gasteiger partial charge in [0, 0.05) is 12.3 Å². The number of rotatable bonds is 2. The summed E-state index contributed by atoms with van der Waals surface area (Å²) in [6.07, 6.45) is 3.10. The molecule has 1 nitrogen and oxygen atoms in total. The maximum Gasteiger partial charge on any atom is 0.135 e. The highest BCUT2D eigenvalue weighted by Gasteiger charge is 2.32. The van der Waals surface area contributed by atoms with Crippen LogP contribution in [-0.4, -0.2) is 5.78 Å². The lowest BCUT2D eigenvalue weighted by Crippen LogP contribution is -2.15. The van der Waals surface area contributed by atoms with Crippen LogP contribution >= 0.6 is 0 Å². The first-order valence-corrected chi connectivity index (χ1v) is 4.67. The van der Waals surface area contributed by atoms with Crippen molar-refractivity contribution in [3.63, 3.8) is 0 Å². The molecule has 0 radical (unpaired) electrons. The van der Waals surface area contributed by atoms with Gasteiger partial charge in [0.25, 0.3) is 0 Å². The molecule has 11 heavy (non-hydrogen) atoms. The van der Waals surface area contributed by atoms with Gasteiger partial charge in [-0.25, -0.2) is 0 Å². The maximum atomic E-state index is 11.4. The van der Waals surface area contributed by atoms with Crippen LogP contribution in [0.25, 0.3) is 0 Å². The standard InChI is InChI=1S/C10H18O/c1-4-10(11)9-6-7(2)5-8(9)3/h7-9H,4-6H2,1-3H3/t7-,8?,9-/m1/s1. The number of ketones is 1. The third-order valence-electron chi connectivity index (χ3n) is 2.88. The summed E-state index contributed by atoms with van der Waals surface area (Å²) in [6.45, 7) is 6.43. The maximum absolute atomic E-state index is 11.4. The van der Waals surface area contributed by atoms with E-state index in [1.165, 1.54) is 6.42 Å². The zero-order valence-electron chi connectivity index (χ0n) is 7.76. The monoisotopic (exact) mass is 154 g/mol. The molecule has 0 saturated heterocycles. The average molecular weight is 154 g/mol. The molecule has 1 aliphatic rings. The normalized spacial score (nSPS) is 37.5. The molecule has 1 unspecified atom stereocenters. The molecule has 1 aliphatic carbocycles. The fraction of sp³-hybridized carbons (Fsp3) is 0.900. The van der Waals surface area contributed by atoms with Crippen LogP contribution in [0.1, 0.15) is 40.0 Å². The molecule has 1 heteroatoms. The second-order valence-corrected chi connectivity index (χ2v) is 3.98. The Hall–Kier alpha value is -0.330. The van der Waals surface area contributed by atoms with E-state index in [1.807, 2.05) is 6.92 Å². The highest BCUT2D eigenvalue weighted by atomic mass is 16.1. The smallest absolute Gasteiger partial charge is 0.135 e. The first-order chi connectivity index (χ1) is 5.15. The second kappa shape index (κ2) is 3.38. The molecule has 0 aromatic rings. The van der Waals surface area contributed by atoms with Crippen LogP contribution in [0.2, 0.25) is 0 Å². The Morgan fingerprint density at radius 2 is 2.00 bits per heavy atom. The molecular formula is C10H18O. The lowest BCUT2D eigenvalue weighted by molar-refractivity contribution is -0.123. The van der Waals surface area contributed by atoms with E-state index in [1.54, 1.807) is 0 Å².